The molecule has 0 aromatic carbocycles. The maximum absolute atomic E-state index is 11.8. The first-order valence-electron chi connectivity index (χ1n) is 9.26. The molecule has 5 nitrogen and oxygen atoms in total. The van der Waals surface area contributed by atoms with Crippen LogP contribution in [0.15, 0.2) is 23.8 Å². The monoisotopic (exact) mass is 804 g/mol. The summed E-state index contributed by atoms with van der Waals surface area (Å²) in [5.41, 5.74) is 0.911. The van der Waals surface area contributed by atoms with Crippen molar-refractivity contribution in [2.75, 3.05) is 13.2 Å². The molecule has 0 bridgehead atoms. The number of hydrogen-bond donors (Lipinski definition) is 3. The Bertz CT molecular complexity index is 607. The third-order valence-electron chi connectivity index (χ3n) is 7.23. The number of ether oxygens (including phenoxy) is 1. The summed E-state index contributed by atoms with van der Waals surface area (Å²) in [6.07, 6.45) is 4.42. The maximum atomic E-state index is 11.8. The fourth-order valence-corrected chi connectivity index (χ4v) is 5.56. The molecule has 146 valence electrons. The zero-order chi connectivity index (χ0) is 18.4. The van der Waals surface area contributed by atoms with Gasteiger partial charge in [-0.3, -0.25) is 0 Å². The van der Waals surface area contributed by atoms with Crippen LogP contribution < -0.4 is 0 Å². The van der Waals surface area contributed by atoms with Crippen molar-refractivity contribution in [2.24, 2.45) is 22.7 Å². The minimum Gasteiger partial charge on any atom is -0.459 e. The van der Waals surface area contributed by atoms with E-state index in [0.717, 1.165) is 24.8 Å². The second-order valence-corrected chi connectivity index (χ2v) is 8.54. The Morgan fingerprint density at radius 3 is 2.48 bits per heavy atom. The first-order chi connectivity index (χ1) is 11.7. The number of allylic oxidation sites excluding steroid dienone is 2. The summed E-state index contributed by atoms with van der Waals surface area (Å²) in [5.74, 6) is -0.0734. The number of carbonyl (C=O) groups is 1. The summed E-state index contributed by atoms with van der Waals surface area (Å²) in [6, 6.07) is 0. The van der Waals surface area contributed by atoms with Crippen LogP contribution in [0.2, 0.25) is 0 Å². The molecule has 27 heavy (non-hydrogen) atoms. The zero-order valence-corrected chi connectivity index (χ0v) is 25.8. The molecule has 2 radical (unpaired) electrons. The molecule has 0 amide bonds. The van der Waals surface area contributed by atoms with Gasteiger partial charge in [-0.1, -0.05) is 32.1 Å². The number of esters is 1. The first-order valence-corrected chi connectivity index (χ1v) is 9.26. The Kier molecular flexibility index (Phi) is 10.3. The number of aliphatic hydroxyl groups excluding tert-OH is 3. The van der Waals surface area contributed by atoms with Crippen LogP contribution in [0.25, 0.3) is 0 Å². The summed E-state index contributed by atoms with van der Waals surface area (Å²) in [4.78, 5) is 11.8. The number of carbonyl (C=O) groups excluding carboxylic acids is 1. The van der Waals surface area contributed by atoms with Crippen LogP contribution in [0.3, 0.4) is 0 Å². The Hall–Kier alpha value is 1.71. The summed E-state index contributed by atoms with van der Waals surface area (Å²) >= 11 is 0. The van der Waals surface area contributed by atoms with Gasteiger partial charge in [0.1, 0.15) is 12.7 Å². The number of rotatable bonds is 3. The summed E-state index contributed by atoms with van der Waals surface area (Å²) in [7, 11) is 0. The number of cyclic esters (lactones) is 1. The molecule has 1 heterocycles. The largest absolute Gasteiger partial charge is 0.459 e. The number of hydrogen-bond acceptors (Lipinski definition) is 5. The molecule has 0 aromatic rings. The first kappa shape index (κ1) is 26.7. The van der Waals surface area contributed by atoms with Crippen molar-refractivity contribution >= 4 is 5.97 Å². The average molecular weight is 804 g/mol. The predicted octanol–water partition coefficient (Wildman–Crippen LogP) is 1.96. The smallest absolute Gasteiger partial charge is 0.336 e. The van der Waals surface area contributed by atoms with Gasteiger partial charge >= 0.3 is 5.97 Å². The molecule has 6 atom stereocenters. The van der Waals surface area contributed by atoms with E-state index in [1.807, 2.05) is 13.0 Å². The third kappa shape index (κ3) is 4.81. The average Bonchev–Trinajstić information content (AvgIpc) is 2.89. The van der Waals surface area contributed by atoms with E-state index in [9.17, 15) is 20.1 Å². The van der Waals surface area contributed by atoms with Crippen LogP contribution >= 0.6 is 0 Å². The van der Waals surface area contributed by atoms with Crippen molar-refractivity contribution in [3.63, 3.8) is 0 Å². The van der Waals surface area contributed by atoms with Crippen LogP contribution in [0.4, 0.5) is 0 Å². The minimum atomic E-state index is -0.844. The standard InChI is InChI=1S/C20H30O5.2Ac/c1-12-4-7-16-19(2,9-8-17(23)20(16,3)11-21)14(12)6-5-13-15(22)10-25-18(13)24;;/h5,14-17,21-23H,1,4,6-11H2,2-3H3;;/b13-5+;;/t14-,15?,16?,17?,19+,20-;;/m0../s1. The van der Waals surface area contributed by atoms with Crippen LogP contribution in [-0.2, 0) is 9.53 Å². The van der Waals surface area contributed by atoms with Gasteiger partial charge in [-0.15, -0.1) is 0 Å². The molecular weight excluding hydrogens is 774 g/mol. The second kappa shape index (κ2) is 10.3. The summed E-state index contributed by atoms with van der Waals surface area (Å²) in [6.45, 7) is 8.50. The van der Waals surface area contributed by atoms with E-state index in [1.54, 1.807) is 0 Å². The van der Waals surface area contributed by atoms with Gasteiger partial charge in [-0.05, 0) is 49.4 Å². The maximum Gasteiger partial charge on any atom is 0.336 e. The molecule has 3 aliphatic rings. The normalized spacial score (nSPS) is 42.8. The zero-order valence-electron chi connectivity index (χ0n) is 16.4. The van der Waals surface area contributed by atoms with Gasteiger partial charge in [0.2, 0.25) is 0 Å². The second-order valence-electron chi connectivity index (χ2n) is 8.54. The van der Waals surface area contributed by atoms with Crippen molar-refractivity contribution in [1.82, 2.24) is 0 Å². The van der Waals surface area contributed by atoms with Crippen molar-refractivity contribution in [3.8, 4) is 0 Å². The van der Waals surface area contributed by atoms with E-state index < -0.39 is 23.6 Å². The molecular formula is C20H30Ac2O5. The molecule has 3 rings (SSSR count). The molecule has 3 N–H and O–H groups in total. The van der Waals surface area contributed by atoms with E-state index >= 15 is 0 Å². The van der Waals surface area contributed by atoms with Gasteiger partial charge in [0, 0.05) is 93.5 Å². The van der Waals surface area contributed by atoms with Crippen molar-refractivity contribution in [1.29, 1.82) is 0 Å². The molecule has 1 aliphatic heterocycles. The van der Waals surface area contributed by atoms with Crippen LogP contribution in [0, 0.1) is 111 Å². The Morgan fingerprint density at radius 1 is 1.26 bits per heavy atom. The van der Waals surface area contributed by atoms with Crippen molar-refractivity contribution < 1.29 is 113 Å². The molecule has 7 heteroatoms. The van der Waals surface area contributed by atoms with Gasteiger partial charge in [0.05, 0.1) is 18.3 Å². The van der Waals surface area contributed by atoms with Gasteiger partial charge in [-0.25, -0.2) is 4.79 Å². The van der Waals surface area contributed by atoms with Gasteiger partial charge in [0.15, 0.2) is 0 Å². The fraction of sp³-hybridized carbons (Fsp3) is 0.750. The van der Waals surface area contributed by atoms with Gasteiger partial charge < -0.3 is 20.1 Å². The Labute approximate surface area is 233 Å². The molecule has 0 spiro atoms. The number of aliphatic hydroxyl groups is 3. The van der Waals surface area contributed by atoms with Crippen molar-refractivity contribution in [2.45, 2.75) is 58.2 Å². The quantitative estimate of drug-likeness (QED) is 0.231. The number of fused-ring (bicyclic) bond motifs is 1. The Morgan fingerprint density at radius 2 is 1.93 bits per heavy atom. The molecule has 2 saturated carbocycles. The SMILES string of the molecule is C=C1CCC2[C@](C)(CO)C(O)CC[C@]2(C)[C@H]1C/C=C1/C(=O)OCC1O.[Ac].[Ac]. The topological polar surface area (TPSA) is 87.0 Å². The van der Waals surface area contributed by atoms with E-state index in [-0.39, 0.29) is 119 Å². The van der Waals surface area contributed by atoms with Gasteiger partial charge in [-0.2, -0.15) is 0 Å². The molecule has 1 saturated heterocycles. The van der Waals surface area contributed by atoms with Crippen LogP contribution in [0.5, 0.6) is 0 Å². The minimum absolute atomic E-state index is 0. The predicted molar refractivity (Wildman–Crippen MR) is 93.6 cm³/mol. The molecule has 0 aromatic heterocycles. The Balaban J connectivity index is 0.00000182. The van der Waals surface area contributed by atoms with Crippen LogP contribution in [0.1, 0.15) is 46.0 Å². The fourth-order valence-electron chi connectivity index (χ4n) is 5.56. The van der Waals surface area contributed by atoms with E-state index in [2.05, 4.69) is 13.5 Å². The van der Waals surface area contributed by atoms with E-state index in [1.165, 1.54) is 0 Å². The summed E-state index contributed by atoms with van der Waals surface area (Å²) in [5, 5.41) is 30.4. The van der Waals surface area contributed by atoms with E-state index in [4.69, 9.17) is 4.74 Å². The van der Waals surface area contributed by atoms with Gasteiger partial charge in [0.25, 0.3) is 0 Å². The molecule has 2 aliphatic carbocycles. The van der Waals surface area contributed by atoms with E-state index in [0.29, 0.717) is 18.4 Å². The molecule has 3 unspecified atom stereocenters. The van der Waals surface area contributed by atoms with Crippen molar-refractivity contribution in [3.05, 3.63) is 23.8 Å². The third-order valence-corrected chi connectivity index (χ3v) is 7.23. The van der Waals surface area contributed by atoms with Crippen LogP contribution in [-0.4, -0.2) is 46.7 Å². The summed E-state index contributed by atoms with van der Waals surface area (Å²) < 4.78 is 4.90. The molecule has 3 fully saturated rings.